The summed E-state index contributed by atoms with van der Waals surface area (Å²) in [4.78, 5) is 22.3. The minimum atomic E-state index is 0.0657. The molecule has 13 heavy (non-hydrogen) atoms. The van der Waals surface area contributed by atoms with Gasteiger partial charge in [0, 0.05) is 12.8 Å². The molecule has 0 aliphatic carbocycles. The van der Waals surface area contributed by atoms with Crippen molar-refractivity contribution in [1.29, 1.82) is 0 Å². The largest absolute Gasteiger partial charge is 0.299 e. The van der Waals surface area contributed by atoms with Gasteiger partial charge in [-0.2, -0.15) is 0 Å². The van der Waals surface area contributed by atoms with Crippen LogP contribution in [0.4, 0.5) is 0 Å². The first-order valence-electron chi connectivity index (χ1n) is 5.17. The van der Waals surface area contributed by atoms with E-state index in [1.54, 1.807) is 6.92 Å². The number of carbonyl (C=O) groups is 2. The molecule has 2 nitrogen and oxygen atoms in total. The average molecular weight is 184 g/mol. The normalized spacial score (nSPS) is 10.5. The summed E-state index contributed by atoms with van der Waals surface area (Å²) < 4.78 is 0. The molecule has 2 heteroatoms. The highest BCUT2D eigenvalue weighted by molar-refractivity contribution is 5.98. The van der Waals surface area contributed by atoms with E-state index in [-0.39, 0.29) is 18.0 Å². The number of hydrogen-bond donors (Lipinski definition) is 0. The third-order valence-corrected chi connectivity index (χ3v) is 2.46. The molecule has 0 aliphatic heterocycles. The van der Waals surface area contributed by atoms with E-state index < -0.39 is 0 Å². The Bertz CT molecular complexity index is 169. The predicted molar refractivity (Wildman–Crippen MR) is 53.6 cm³/mol. The van der Waals surface area contributed by atoms with Gasteiger partial charge in [0.15, 0.2) is 0 Å². The first-order valence-corrected chi connectivity index (χ1v) is 5.17. The summed E-state index contributed by atoms with van der Waals surface area (Å²) in [5.41, 5.74) is 0. The van der Waals surface area contributed by atoms with Crippen molar-refractivity contribution < 1.29 is 9.59 Å². The Morgan fingerprint density at radius 1 is 1.00 bits per heavy atom. The van der Waals surface area contributed by atoms with E-state index in [0.29, 0.717) is 18.8 Å². The Morgan fingerprint density at radius 2 is 1.54 bits per heavy atom. The van der Waals surface area contributed by atoms with Crippen LogP contribution in [0, 0.1) is 5.92 Å². The molecule has 0 aromatic carbocycles. The van der Waals surface area contributed by atoms with E-state index in [0.717, 1.165) is 12.8 Å². The first-order chi connectivity index (χ1) is 6.13. The van der Waals surface area contributed by atoms with Gasteiger partial charge in [-0.1, -0.05) is 33.6 Å². The molecular weight excluding hydrogens is 164 g/mol. The van der Waals surface area contributed by atoms with Gasteiger partial charge in [0.05, 0.1) is 6.42 Å². The zero-order valence-corrected chi connectivity index (χ0v) is 8.93. The van der Waals surface area contributed by atoms with Gasteiger partial charge in [-0.05, 0) is 5.92 Å². The summed E-state index contributed by atoms with van der Waals surface area (Å²) in [6.45, 7) is 5.97. The number of hydrogen-bond acceptors (Lipinski definition) is 2. The molecule has 0 aliphatic rings. The SMILES string of the molecule is CCC(=O)CC(=O)CC(CC)CC. The molecule has 76 valence electrons. The molecule has 0 rings (SSSR count). The summed E-state index contributed by atoms with van der Waals surface area (Å²) in [5, 5.41) is 0. The van der Waals surface area contributed by atoms with E-state index >= 15 is 0 Å². The van der Waals surface area contributed by atoms with Crippen molar-refractivity contribution in [2.45, 2.75) is 52.9 Å². The van der Waals surface area contributed by atoms with Crippen molar-refractivity contribution in [3.63, 3.8) is 0 Å². The van der Waals surface area contributed by atoms with Crippen LogP contribution in [0.15, 0.2) is 0 Å². The molecule has 0 atom stereocenters. The Morgan fingerprint density at radius 3 is 1.92 bits per heavy atom. The molecule has 0 unspecified atom stereocenters. The van der Waals surface area contributed by atoms with Crippen LogP contribution in [0.1, 0.15) is 52.9 Å². The Balaban J connectivity index is 3.79. The number of carbonyl (C=O) groups excluding carboxylic acids is 2. The van der Waals surface area contributed by atoms with E-state index in [4.69, 9.17) is 0 Å². The molecule has 0 N–H and O–H groups in total. The molecule has 0 saturated heterocycles. The van der Waals surface area contributed by atoms with Gasteiger partial charge < -0.3 is 0 Å². The van der Waals surface area contributed by atoms with Crippen LogP contribution in [0.25, 0.3) is 0 Å². The van der Waals surface area contributed by atoms with E-state index in [9.17, 15) is 9.59 Å². The van der Waals surface area contributed by atoms with Gasteiger partial charge in [-0.15, -0.1) is 0 Å². The van der Waals surface area contributed by atoms with Gasteiger partial charge in [0.2, 0.25) is 0 Å². The van der Waals surface area contributed by atoms with Gasteiger partial charge in [0.1, 0.15) is 11.6 Å². The predicted octanol–water partition coefficient (Wildman–Crippen LogP) is 2.75. The molecule has 0 heterocycles. The van der Waals surface area contributed by atoms with E-state index in [2.05, 4.69) is 13.8 Å². The van der Waals surface area contributed by atoms with Crippen molar-refractivity contribution in [2.75, 3.05) is 0 Å². The van der Waals surface area contributed by atoms with Crippen LogP contribution in [-0.4, -0.2) is 11.6 Å². The fraction of sp³-hybridized carbons (Fsp3) is 0.818. The summed E-state index contributed by atoms with van der Waals surface area (Å²) in [6.07, 6.45) is 3.27. The second kappa shape index (κ2) is 6.81. The van der Waals surface area contributed by atoms with Gasteiger partial charge in [-0.25, -0.2) is 0 Å². The van der Waals surface area contributed by atoms with Crippen LogP contribution >= 0.6 is 0 Å². The zero-order valence-electron chi connectivity index (χ0n) is 8.93. The quantitative estimate of drug-likeness (QED) is 0.570. The molecule has 0 fully saturated rings. The third-order valence-electron chi connectivity index (χ3n) is 2.46. The lowest BCUT2D eigenvalue weighted by Crippen LogP contribution is -2.11. The Kier molecular flexibility index (Phi) is 6.47. The van der Waals surface area contributed by atoms with Crippen molar-refractivity contribution in [2.24, 2.45) is 5.92 Å². The van der Waals surface area contributed by atoms with Gasteiger partial charge >= 0.3 is 0 Å². The number of rotatable bonds is 7. The Hall–Kier alpha value is -0.660. The lowest BCUT2D eigenvalue weighted by molar-refractivity contribution is -0.127. The zero-order chi connectivity index (χ0) is 10.3. The highest BCUT2D eigenvalue weighted by Gasteiger charge is 2.12. The van der Waals surface area contributed by atoms with Crippen LogP contribution in [0.5, 0.6) is 0 Å². The smallest absolute Gasteiger partial charge is 0.140 e. The third kappa shape index (κ3) is 5.56. The van der Waals surface area contributed by atoms with Gasteiger partial charge in [-0.3, -0.25) is 9.59 Å². The highest BCUT2D eigenvalue weighted by Crippen LogP contribution is 2.13. The highest BCUT2D eigenvalue weighted by atomic mass is 16.1. The van der Waals surface area contributed by atoms with Crippen molar-refractivity contribution in [1.82, 2.24) is 0 Å². The maximum atomic E-state index is 11.3. The fourth-order valence-corrected chi connectivity index (χ4v) is 1.32. The molecule has 0 spiro atoms. The van der Waals surface area contributed by atoms with E-state index in [1.165, 1.54) is 0 Å². The van der Waals surface area contributed by atoms with Crippen molar-refractivity contribution >= 4 is 11.6 Å². The summed E-state index contributed by atoms with van der Waals surface area (Å²) in [7, 11) is 0. The summed E-state index contributed by atoms with van der Waals surface area (Å²) in [6, 6.07) is 0. The van der Waals surface area contributed by atoms with Crippen LogP contribution in [0.2, 0.25) is 0 Å². The standard InChI is InChI=1S/C11H20O2/c1-4-9(5-2)7-11(13)8-10(12)6-3/h9H,4-8H2,1-3H3. The van der Waals surface area contributed by atoms with Crippen LogP contribution in [0.3, 0.4) is 0 Å². The minimum Gasteiger partial charge on any atom is -0.299 e. The second-order valence-corrected chi connectivity index (χ2v) is 3.49. The Labute approximate surface area is 80.7 Å². The summed E-state index contributed by atoms with van der Waals surface area (Å²) in [5.74, 6) is 0.647. The minimum absolute atomic E-state index is 0.0657. The fourth-order valence-electron chi connectivity index (χ4n) is 1.32. The molecule has 0 radical (unpaired) electrons. The van der Waals surface area contributed by atoms with Gasteiger partial charge in [0.25, 0.3) is 0 Å². The van der Waals surface area contributed by atoms with Crippen molar-refractivity contribution in [3.8, 4) is 0 Å². The lowest BCUT2D eigenvalue weighted by Gasteiger charge is -2.09. The van der Waals surface area contributed by atoms with Crippen LogP contribution < -0.4 is 0 Å². The molecule has 0 bridgehead atoms. The molecule has 0 amide bonds. The van der Waals surface area contributed by atoms with Crippen LogP contribution in [-0.2, 0) is 9.59 Å². The second-order valence-electron chi connectivity index (χ2n) is 3.49. The molecule has 0 aromatic rings. The molecule has 0 aromatic heterocycles. The average Bonchev–Trinajstić information content (AvgIpc) is 2.13. The molecule has 0 saturated carbocycles. The maximum absolute atomic E-state index is 11.3. The topological polar surface area (TPSA) is 34.1 Å². The number of Topliss-reactive ketones (excluding diaryl/α,β-unsaturated/α-hetero) is 2. The summed E-state index contributed by atoms with van der Waals surface area (Å²) >= 11 is 0. The van der Waals surface area contributed by atoms with E-state index in [1.807, 2.05) is 0 Å². The maximum Gasteiger partial charge on any atom is 0.140 e. The first kappa shape index (κ1) is 12.3. The monoisotopic (exact) mass is 184 g/mol. The lowest BCUT2D eigenvalue weighted by atomic mass is 9.95. The number of ketones is 2. The molecular formula is C11H20O2. The van der Waals surface area contributed by atoms with Crippen molar-refractivity contribution in [3.05, 3.63) is 0 Å².